The van der Waals surface area contributed by atoms with E-state index >= 15 is 0 Å². The fourth-order valence-electron chi connectivity index (χ4n) is 2.09. The van der Waals surface area contributed by atoms with Crippen LogP contribution in [-0.4, -0.2) is 10.9 Å². The minimum atomic E-state index is -0.0763. The molecule has 0 aliphatic rings. The summed E-state index contributed by atoms with van der Waals surface area (Å²) >= 11 is 3.11. The van der Waals surface area contributed by atoms with Crippen LogP contribution in [0.5, 0.6) is 0 Å². The van der Waals surface area contributed by atoms with E-state index in [1.165, 1.54) is 26.7 Å². The molecular weight excluding hydrogens is 302 g/mol. The average molecular weight is 317 g/mol. The minimum absolute atomic E-state index is 0.0763. The SMILES string of the molecule is Cc1cc(CNC(=O)c2ccc3nc(N)sc3c2)sc1C. The number of aromatic nitrogens is 1. The molecule has 2 heterocycles. The maximum Gasteiger partial charge on any atom is 0.251 e. The van der Waals surface area contributed by atoms with Gasteiger partial charge in [0.1, 0.15) is 0 Å². The number of hydrogen-bond donors (Lipinski definition) is 2. The van der Waals surface area contributed by atoms with Crippen molar-refractivity contribution in [2.45, 2.75) is 20.4 Å². The summed E-state index contributed by atoms with van der Waals surface area (Å²) in [5, 5.41) is 3.47. The Kier molecular flexibility index (Phi) is 3.65. The summed E-state index contributed by atoms with van der Waals surface area (Å²) < 4.78 is 0.933. The van der Waals surface area contributed by atoms with Crippen molar-refractivity contribution in [1.82, 2.24) is 10.3 Å². The summed E-state index contributed by atoms with van der Waals surface area (Å²) in [4.78, 5) is 18.9. The molecule has 3 N–H and O–H groups in total. The summed E-state index contributed by atoms with van der Waals surface area (Å²) in [6.45, 7) is 4.73. The molecule has 0 spiro atoms. The van der Waals surface area contributed by atoms with Crippen molar-refractivity contribution >= 4 is 43.9 Å². The average Bonchev–Trinajstić information content (AvgIpc) is 2.97. The molecule has 1 aromatic carbocycles. The van der Waals surface area contributed by atoms with Crippen molar-refractivity contribution in [2.24, 2.45) is 0 Å². The number of thiophene rings is 1. The van der Waals surface area contributed by atoms with Crippen LogP contribution < -0.4 is 11.1 Å². The molecule has 0 saturated carbocycles. The van der Waals surface area contributed by atoms with Crippen LogP contribution in [0.3, 0.4) is 0 Å². The normalized spacial score (nSPS) is 11.0. The maximum atomic E-state index is 12.2. The molecule has 4 nitrogen and oxygen atoms in total. The van der Waals surface area contributed by atoms with E-state index in [1.807, 2.05) is 12.1 Å². The van der Waals surface area contributed by atoms with E-state index in [4.69, 9.17) is 5.73 Å². The van der Waals surface area contributed by atoms with Crippen molar-refractivity contribution in [3.63, 3.8) is 0 Å². The Labute approximate surface area is 130 Å². The number of nitrogens with one attached hydrogen (secondary N) is 1. The van der Waals surface area contributed by atoms with Crippen LogP contribution in [0.1, 0.15) is 25.7 Å². The van der Waals surface area contributed by atoms with Gasteiger partial charge < -0.3 is 11.1 Å². The molecule has 0 saturated heterocycles. The molecule has 2 aromatic heterocycles. The Hall–Kier alpha value is -1.92. The van der Waals surface area contributed by atoms with E-state index in [1.54, 1.807) is 17.4 Å². The Morgan fingerprint density at radius 3 is 2.81 bits per heavy atom. The minimum Gasteiger partial charge on any atom is -0.375 e. The first-order chi connectivity index (χ1) is 10.0. The Bertz CT molecular complexity index is 800. The maximum absolute atomic E-state index is 12.2. The molecule has 108 valence electrons. The van der Waals surface area contributed by atoms with Gasteiger partial charge in [-0.05, 0) is 43.7 Å². The molecule has 0 unspecified atom stereocenters. The fourth-order valence-corrected chi connectivity index (χ4v) is 3.86. The van der Waals surface area contributed by atoms with Gasteiger partial charge in [-0.15, -0.1) is 11.3 Å². The van der Waals surface area contributed by atoms with Crippen molar-refractivity contribution in [1.29, 1.82) is 0 Å². The van der Waals surface area contributed by atoms with Crippen LogP contribution in [0.15, 0.2) is 24.3 Å². The molecule has 0 radical (unpaired) electrons. The number of rotatable bonds is 3. The zero-order chi connectivity index (χ0) is 15.0. The van der Waals surface area contributed by atoms with Gasteiger partial charge in [-0.2, -0.15) is 0 Å². The van der Waals surface area contributed by atoms with Gasteiger partial charge in [0, 0.05) is 15.3 Å². The number of nitrogens with zero attached hydrogens (tertiary/aromatic N) is 1. The molecule has 3 aromatic rings. The highest BCUT2D eigenvalue weighted by molar-refractivity contribution is 7.22. The first-order valence-electron chi connectivity index (χ1n) is 6.53. The number of fused-ring (bicyclic) bond motifs is 1. The van der Waals surface area contributed by atoms with E-state index in [2.05, 4.69) is 30.2 Å². The van der Waals surface area contributed by atoms with Crippen LogP contribution in [0.25, 0.3) is 10.2 Å². The summed E-state index contributed by atoms with van der Waals surface area (Å²) in [6, 6.07) is 7.56. The molecule has 0 atom stereocenters. The highest BCUT2D eigenvalue weighted by Crippen LogP contribution is 2.25. The monoisotopic (exact) mass is 317 g/mol. The van der Waals surface area contributed by atoms with Crippen LogP contribution in [-0.2, 0) is 6.54 Å². The third-order valence-corrected chi connectivity index (χ3v) is 5.31. The molecule has 0 aliphatic heterocycles. The Balaban J connectivity index is 1.74. The van der Waals surface area contributed by atoms with Crippen molar-refractivity contribution < 1.29 is 4.79 Å². The Morgan fingerprint density at radius 2 is 2.10 bits per heavy atom. The van der Waals surface area contributed by atoms with Gasteiger partial charge in [0.05, 0.1) is 16.8 Å². The van der Waals surface area contributed by atoms with E-state index in [0.717, 1.165) is 10.2 Å². The van der Waals surface area contributed by atoms with Gasteiger partial charge in [0.2, 0.25) is 0 Å². The highest BCUT2D eigenvalue weighted by Gasteiger charge is 2.09. The standard InChI is InChI=1S/C15H15N3OS2/c1-8-5-11(20-9(8)2)7-17-14(19)10-3-4-12-13(6-10)21-15(16)18-12/h3-6H,7H2,1-2H3,(H2,16,18)(H,17,19). The molecule has 1 amide bonds. The van der Waals surface area contributed by atoms with Gasteiger partial charge in [0.15, 0.2) is 5.13 Å². The van der Waals surface area contributed by atoms with Gasteiger partial charge >= 0.3 is 0 Å². The molecule has 0 aliphatic carbocycles. The lowest BCUT2D eigenvalue weighted by molar-refractivity contribution is 0.0951. The second kappa shape index (κ2) is 5.46. The smallest absolute Gasteiger partial charge is 0.251 e. The molecule has 0 bridgehead atoms. The summed E-state index contributed by atoms with van der Waals surface area (Å²) in [5.74, 6) is -0.0763. The lowest BCUT2D eigenvalue weighted by Gasteiger charge is -2.03. The predicted molar refractivity (Wildman–Crippen MR) is 89.0 cm³/mol. The van der Waals surface area contributed by atoms with E-state index in [-0.39, 0.29) is 5.91 Å². The molecular formula is C15H15N3OS2. The van der Waals surface area contributed by atoms with Crippen molar-refractivity contribution in [2.75, 3.05) is 5.73 Å². The number of nitrogens with two attached hydrogens (primary N) is 1. The van der Waals surface area contributed by atoms with E-state index < -0.39 is 0 Å². The number of aryl methyl sites for hydroxylation is 2. The topological polar surface area (TPSA) is 68.0 Å². The summed E-state index contributed by atoms with van der Waals surface area (Å²) in [6.07, 6.45) is 0. The molecule has 0 fully saturated rings. The number of amides is 1. The van der Waals surface area contributed by atoms with Crippen LogP contribution in [0, 0.1) is 13.8 Å². The highest BCUT2D eigenvalue weighted by atomic mass is 32.1. The summed E-state index contributed by atoms with van der Waals surface area (Å²) in [5.41, 5.74) is 8.41. The number of hydrogen-bond acceptors (Lipinski definition) is 5. The van der Waals surface area contributed by atoms with Gasteiger partial charge in [-0.25, -0.2) is 4.98 Å². The van der Waals surface area contributed by atoms with Crippen LogP contribution in [0.2, 0.25) is 0 Å². The predicted octanol–water partition coefficient (Wildman–Crippen LogP) is 3.49. The Morgan fingerprint density at radius 1 is 1.29 bits per heavy atom. The second-order valence-corrected chi connectivity index (χ2v) is 7.27. The number of carbonyl (C=O) groups is 1. The first-order valence-corrected chi connectivity index (χ1v) is 8.16. The number of thiazole rings is 1. The third-order valence-electron chi connectivity index (χ3n) is 3.31. The zero-order valence-electron chi connectivity index (χ0n) is 11.8. The fraction of sp³-hybridized carbons (Fsp3) is 0.200. The van der Waals surface area contributed by atoms with E-state index in [0.29, 0.717) is 17.2 Å². The van der Waals surface area contributed by atoms with Crippen molar-refractivity contribution in [3.05, 3.63) is 45.1 Å². The zero-order valence-corrected chi connectivity index (χ0v) is 13.4. The number of carbonyl (C=O) groups excluding carboxylic acids is 1. The van der Waals surface area contributed by atoms with Crippen molar-refractivity contribution in [3.8, 4) is 0 Å². The third kappa shape index (κ3) is 2.91. The van der Waals surface area contributed by atoms with Gasteiger partial charge in [-0.3, -0.25) is 4.79 Å². The lowest BCUT2D eigenvalue weighted by Crippen LogP contribution is -2.22. The largest absolute Gasteiger partial charge is 0.375 e. The number of benzene rings is 1. The van der Waals surface area contributed by atoms with Crippen LogP contribution in [0.4, 0.5) is 5.13 Å². The second-order valence-electron chi connectivity index (χ2n) is 4.87. The molecule has 3 rings (SSSR count). The quantitative estimate of drug-likeness (QED) is 0.777. The van der Waals surface area contributed by atoms with E-state index in [9.17, 15) is 4.79 Å². The molecule has 6 heteroatoms. The van der Waals surface area contributed by atoms with Gasteiger partial charge in [0.25, 0.3) is 5.91 Å². The molecule has 21 heavy (non-hydrogen) atoms. The first kappa shape index (κ1) is 14.0. The van der Waals surface area contributed by atoms with Crippen LogP contribution >= 0.6 is 22.7 Å². The number of nitrogen functional groups attached to an aromatic ring is 1. The lowest BCUT2D eigenvalue weighted by atomic mass is 10.2. The number of anilines is 1. The summed E-state index contributed by atoms with van der Waals surface area (Å²) in [7, 11) is 0. The van der Waals surface area contributed by atoms with Gasteiger partial charge in [-0.1, -0.05) is 11.3 Å².